The summed E-state index contributed by atoms with van der Waals surface area (Å²) in [7, 11) is 0. The molecule has 2 aromatic heterocycles. The van der Waals surface area contributed by atoms with Crippen molar-refractivity contribution in [2.45, 2.75) is 52.7 Å². The van der Waals surface area contributed by atoms with E-state index in [1.807, 2.05) is 38.7 Å². The van der Waals surface area contributed by atoms with E-state index in [1.165, 1.54) is 0 Å². The van der Waals surface area contributed by atoms with Gasteiger partial charge in [-0.05, 0) is 52.7 Å². The van der Waals surface area contributed by atoms with Gasteiger partial charge in [-0.2, -0.15) is 5.10 Å². The highest BCUT2D eigenvalue weighted by molar-refractivity contribution is 5.91. The van der Waals surface area contributed by atoms with Crippen molar-refractivity contribution in [3.63, 3.8) is 0 Å². The molecule has 0 bridgehead atoms. The van der Waals surface area contributed by atoms with Gasteiger partial charge in [0.1, 0.15) is 5.69 Å². The normalized spacial score (nSPS) is 17.2. The van der Waals surface area contributed by atoms with Gasteiger partial charge in [-0.1, -0.05) is 0 Å². The number of hydrogen-bond donors (Lipinski definition) is 2. The summed E-state index contributed by atoms with van der Waals surface area (Å²) in [5.41, 5.74) is 3.68. The van der Waals surface area contributed by atoms with Crippen LogP contribution in [0.2, 0.25) is 0 Å². The van der Waals surface area contributed by atoms with Crippen LogP contribution in [0.25, 0.3) is 0 Å². The van der Waals surface area contributed by atoms with Crippen LogP contribution in [0, 0.1) is 13.8 Å². The van der Waals surface area contributed by atoms with Crippen LogP contribution in [0.3, 0.4) is 0 Å². The molecule has 0 saturated carbocycles. The van der Waals surface area contributed by atoms with Gasteiger partial charge < -0.3 is 15.0 Å². The number of pyridine rings is 1. The zero-order valence-electron chi connectivity index (χ0n) is 15.2. The Balaban J connectivity index is 1.79. The number of nitrogens with one attached hydrogen (secondary N) is 2. The standard InChI is InChI=1S/C18H25N5O2/c1-11(2)25-17-14(7-5-9-19-17)20-18(24)23-10-6-8-15(23)16-12(3)21-22-13(16)4/h5,7,9,11,15H,6,8,10H2,1-4H3,(H,20,24)(H,21,22)/t15-/m0/s1. The van der Waals surface area contributed by atoms with Crippen molar-refractivity contribution >= 4 is 11.7 Å². The molecule has 1 saturated heterocycles. The molecule has 2 amide bonds. The number of aryl methyl sites for hydroxylation is 2. The van der Waals surface area contributed by atoms with Crippen LogP contribution >= 0.6 is 0 Å². The van der Waals surface area contributed by atoms with Crippen molar-refractivity contribution in [1.82, 2.24) is 20.1 Å². The molecule has 1 aliphatic heterocycles. The quantitative estimate of drug-likeness (QED) is 0.889. The van der Waals surface area contributed by atoms with Crippen molar-refractivity contribution in [1.29, 1.82) is 0 Å². The summed E-state index contributed by atoms with van der Waals surface area (Å²) >= 11 is 0. The second-order valence-corrected chi connectivity index (χ2v) is 6.65. The number of aromatic nitrogens is 3. The molecule has 7 heteroatoms. The molecule has 1 atom stereocenters. The number of anilines is 1. The molecule has 0 unspecified atom stereocenters. The highest BCUT2D eigenvalue weighted by Gasteiger charge is 2.33. The highest BCUT2D eigenvalue weighted by atomic mass is 16.5. The summed E-state index contributed by atoms with van der Waals surface area (Å²) in [4.78, 5) is 19.0. The van der Waals surface area contributed by atoms with Crippen LogP contribution in [-0.2, 0) is 0 Å². The Bertz CT molecular complexity index is 736. The summed E-state index contributed by atoms with van der Waals surface area (Å²) in [5, 5.41) is 10.2. The maximum absolute atomic E-state index is 12.9. The van der Waals surface area contributed by atoms with Gasteiger partial charge in [-0.25, -0.2) is 9.78 Å². The van der Waals surface area contributed by atoms with Crippen molar-refractivity contribution in [2.75, 3.05) is 11.9 Å². The summed E-state index contributed by atoms with van der Waals surface area (Å²) in [5.74, 6) is 0.442. The average molecular weight is 343 g/mol. The van der Waals surface area contributed by atoms with Crippen LogP contribution in [-0.4, -0.2) is 38.8 Å². The third kappa shape index (κ3) is 3.60. The zero-order valence-corrected chi connectivity index (χ0v) is 15.2. The Morgan fingerprint density at radius 3 is 2.92 bits per heavy atom. The Hall–Kier alpha value is -2.57. The van der Waals surface area contributed by atoms with E-state index in [1.54, 1.807) is 12.3 Å². The second kappa shape index (κ2) is 7.13. The molecule has 7 nitrogen and oxygen atoms in total. The number of aromatic amines is 1. The Morgan fingerprint density at radius 2 is 2.24 bits per heavy atom. The molecule has 2 N–H and O–H groups in total. The molecule has 0 radical (unpaired) electrons. The fraction of sp³-hybridized carbons (Fsp3) is 0.500. The van der Waals surface area contributed by atoms with E-state index in [-0.39, 0.29) is 18.2 Å². The van der Waals surface area contributed by atoms with E-state index in [2.05, 4.69) is 20.5 Å². The Labute approximate surface area is 147 Å². The van der Waals surface area contributed by atoms with E-state index in [0.717, 1.165) is 36.3 Å². The van der Waals surface area contributed by atoms with Crippen LogP contribution < -0.4 is 10.1 Å². The number of carbonyl (C=O) groups is 1. The van der Waals surface area contributed by atoms with E-state index in [9.17, 15) is 4.79 Å². The van der Waals surface area contributed by atoms with Crippen molar-refractivity contribution in [3.8, 4) is 5.88 Å². The molecule has 2 aromatic rings. The van der Waals surface area contributed by atoms with Crippen LogP contribution in [0.4, 0.5) is 10.5 Å². The van der Waals surface area contributed by atoms with Crippen molar-refractivity contribution in [2.24, 2.45) is 0 Å². The largest absolute Gasteiger partial charge is 0.473 e. The number of urea groups is 1. The van der Waals surface area contributed by atoms with E-state index >= 15 is 0 Å². The predicted octanol–water partition coefficient (Wildman–Crippen LogP) is 3.58. The molecule has 1 aliphatic rings. The molecular formula is C18H25N5O2. The molecular weight excluding hydrogens is 318 g/mol. The van der Waals surface area contributed by atoms with Crippen LogP contribution in [0.1, 0.15) is 49.7 Å². The molecule has 3 rings (SSSR count). The number of carbonyl (C=O) groups excluding carboxylic acids is 1. The molecule has 0 aromatic carbocycles. The highest BCUT2D eigenvalue weighted by Crippen LogP contribution is 2.35. The number of rotatable bonds is 4. The minimum absolute atomic E-state index is 0.0127. The summed E-state index contributed by atoms with van der Waals surface area (Å²) < 4.78 is 5.69. The van der Waals surface area contributed by atoms with Crippen LogP contribution in [0.15, 0.2) is 18.3 Å². The Morgan fingerprint density at radius 1 is 1.44 bits per heavy atom. The van der Waals surface area contributed by atoms with Crippen molar-refractivity contribution < 1.29 is 9.53 Å². The minimum atomic E-state index is -0.135. The molecule has 134 valence electrons. The summed E-state index contributed by atoms with van der Waals surface area (Å²) in [6, 6.07) is 3.51. The lowest BCUT2D eigenvalue weighted by molar-refractivity contribution is 0.206. The number of H-pyrrole nitrogens is 1. The number of ether oxygens (including phenoxy) is 1. The van der Waals surface area contributed by atoms with Gasteiger partial charge >= 0.3 is 6.03 Å². The second-order valence-electron chi connectivity index (χ2n) is 6.65. The molecule has 1 fully saturated rings. The third-order valence-corrected chi connectivity index (χ3v) is 4.39. The van der Waals surface area contributed by atoms with Gasteiger partial charge in [0.2, 0.25) is 5.88 Å². The lowest BCUT2D eigenvalue weighted by Crippen LogP contribution is -2.35. The topological polar surface area (TPSA) is 83.1 Å². The third-order valence-electron chi connectivity index (χ3n) is 4.39. The molecule has 0 spiro atoms. The number of amides is 2. The first-order chi connectivity index (χ1) is 12.0. The first-order valence-corrected chi connectivity index (χ1v) is 8.68. The van der Waals surface area contributed by atoms with E-state index in [4.69, 9.17) is 4.74 Å². The maximum Gasteiger partial charge on any atom is 0.322 e. The van der Waals surface area contributed by atoms with Crippen LogP contribution in [0.5, 0.6) is 5.88 Å². The number of hydrogen-bond acceptors (Lipinski definition) is 4. The predicted molar refractivity (Wildman–Crippen MR) is 95.8 cm³/mol. The summed E-state index contributed by atoms with van der Waals surface area (Å²) in [6.45, 7) is 8.56. The fourth-order valence-corrected chi connectivity index (χ4v) is 3.35. The summed E-state index contributed by atoms with van der Waals surface area (Å²) in [6.07, 6.45) is 3.56. The SMILES string of the molecule is Cc1n[nH]c(C)c1[C@@H]1CCCN1C(=O)Nc1cccnc1OC(C)C. The van der Waals surface area contributed by atoms with Gasteiger partial charge in [0.05, 0.1) is 17.8 Å². The Kier molecular flexibility index (Phi) is 4.92. The maximum atomic E-state index is 12.9. The minimum Gasteiger partial charge on any atom is -0.473 e. The zero-order chi connectivity index (χ0) is 18.0. The van der Waals surface area contributed by atoms with Gasteiger partial charge in [-0.3, -0.25) is 5.10 Å². The lowest BCUT2D eigenvalue weighted by atomic mass is 10.0. The molecule has 25 heavy (non-hydrogen) atoms. The van der Waals surface area contributed by atoms with Gasteiger partial charge in [-0.15, -0.1) is 0 Å². The van der Waals surface area contributed by atoms with E-state index < -0.39 is 0 Å². The monoisotopic (exact) mass is 343 g/mol. The molecule has 0 aliphatic carbocycles. The van der Waals surface area contributed by atoms with Crippen molar-refractivity contribution in [3.05, 3.63) is 35.3 Å². The fourth-order valence-electron chi connectivity index (χ4n) is 3.35. The lowest BCUT2D eigenvalue weighted by Gasteiger charge is -2.26. The average Bonchev–Trinajstić information content (AvgIpc) is 3.15. The van der Waals surface area contributed by atoms with Gasteiger partial charge in [0, 0.05) is 24.0 Å². The molecule has 3 heterocycles. The number of nitrogens with zero attached hydrogens (tertiary/aromatic N) is 3. The van der Waals surface area contributed by atoms with Gasteiger partial charge in [0.15, 0.2) is 0 Å². The van der Waals surface area contributed by atoms with E-state index in [0.29, 0.717) is 11.6 Å². The van der Waals surface area contributed by atoms with Gasteiger partial charge in [0.25, 0.3) is 0 Å². The first kappa shape index (κ1) is 17.3. The first-order valence-electron chi connectivity index (χ1n) is 8.68. The number of likely N-dealkylation sites (tertiary alicyclic amines) is 1. The smallest absolute Gasteiger partial charge is 0.322 e.